The summed E-state index contributed by atoms with van der Waals surface area (Å²) in [5.74, 6) is 1.77. The van der Waals surface area contributed by atoms with Crippen molar-refractivity contribution in [1.82, 2.24) is 10.1 Å². The maximum absolute atomic E-state index is 13.6. The highest BCUT2D eigenvalue weighted by atomic mass is 19.1. The van der Waals surface area contributed by atoms with Gasteiger partial charge in [-0.3, -0.25) is 0 Å². The van der Waals surface area contributed by atoms with Crippen LogP contribution in [0.2, 0.25) is 0 Å². The first-order valence-electron chi connectivity index (χ1n) is 7.33. The van der Waals surface area contributed by atoms with Gasteiger partial charge in [0.25, 0.3) is 0 Å². The molecule has 0 fully saturated rings. The molecule has 1 aromatic carbocycles. The van der Waals surface area contributed by atoms with E-state index in [2.05, 4.69) is 24.0 Å². The summed E-state index contributed by atoms with van der Waals surface area (Å²) >= 11 is 0. The van der Waals surface area contributed by atoms with Gasteiger partial charge in [0, 0.05) is 12.8 Å². The van der Waals surface area contributed by atoms with Crippen molar-refractivity contribution in [2.75, 3.05) is 6.54 Å². The van der Waals surface area contributed by atoms with E-state index in [0.717, 1.165) is 6.42 Å². The number of aromatic nitrogens is 2. The van der Waals surface area contributed by atoms with Crippen LogP contribution in [0.4, 0.5) is 4.39 Å². The van der Waals surface area contributed by atoms with E-state index in [1.165, 1.54) is 6.07 Å². The predicted octanol–water partition coefficient (Wildman–Crippen LogP) is 2.96. The molecule has 4 nitrogen and oxygen atoms in total. The Balaban J connectivity index is 1.99. The van der Waals surface area contributed by atoms with Gasteiger partial charge < -0.3 is 10.3 Å². The number of hydrogen-bond donors (Lipinski definition) is 1. The van der Waals surface area contributed by atoms with Gasteiger partial charge in [0.1, 0.15) is 5.82 Å². The van der Waals surface area contributed by atoms with Crippen LogP contribution in [0.3, 0.4) is 0 Å². The van der Waals surface area contributed by atoms with Gasteiger partial charge in [-0.1, -0.05) is 37.2 Å². The summed E-state index contributed by atoms with van der Waals surface area (Å²) in [5, 5.41) is 3.93. The number of nitrogens with two attached hydrogens (primary N) is 1. The molecule has 0 radical (unpaired) electrons. The molecule has 21 heavy (non-hydrogen) atoms. The molecule has 0 saturated heterocycles. The number of nitrogens with zero attached hydrogens (tertiary/aromatic N) is 2. The van der Waals surface area contributed by atoms with Gasteiger partial charge in [-0.25, -0.2) is 4.39 Å². The third kappa shape index (κ3) is 4.63. The minimum absolute atomic E-state index is 0.247. The summed E-state index contributed by atoms with van der Waals surface area (Å²) in [7, 11) is 0. The Morgan fingerprint density at radius 1 is 1.29 bits per heavy atom. The highest BCUT2D eigenvalue weighted by Crippen LogP contribution is 2.16. The summed E-state index contributed by atoms with van der Waals surface area (Å²) in [4.78, 5) is 4.34. The second-order valence-corrected chi connectivity index (χ2v) is 5.81. The quantitative estimate of drug-likeness (QED) is 0.851. The molecule has 1 aromatic heterocycles. The largest absolute Gasteiger partial charge is 0.339 e. The first-order chi connectivity index (χ1) is 10.1. The standard InChI is InChI=1S/C16H22FN3O/c1-11(2)7-12(10-18)8-16-19-15(20-21-16)9-13-5-3-4-6-14(13)17/h3-6,11-12H,7-10,18H2,1-2H3/t12-/m0/s1. The molecule has 1 heterocycles. The zero-order valence-corrected chi connectivity index (χ0v) is 12.6. The lowest BCUT2D eigenvalue weighted by Crippen LogP contribution is -2.19. The van der Waals surface area contributed by atoms with E-state index in [0.29, 0.717) is 48.5 Å². The van der Waals surface area contributed by atoms with Crippen LogP contribution in [0.1, 0.15) is 37.5 Å². The van der Waals surface area contributed by atoms with E-state index >= 15 is 0 Å². The van der Waals surface area contributed by atoms with Crippen LogP contribution in [0.25, 0.3) is 0 Å². The van der Waals surface area contributed by atoms with Crippen LogP contribution in [-0.4, -0.2) is 16.7 Å². The van der Waals surface area contributed by atoms with Crippen molar-refractivity contribution >= 4 is 0 Å². The minimum atomic E-state index is -0.247. The van der Waals surface area contributed by atoms with E-state index in [1.807, 2.05) is 0 Å². The normalized spacial score (nSPS) is 12.8. The van der Waals surface area contributed by atoms with Crippen LogP contribution >= 0.6 is 0 Å². The monoisotopic (exact) mass is 291 g/mol. The number of benzene rings is 1. The third-order valence-electron chi connectivity index (χ3n) is 3.42. The summed E-state index contributed by atoms with van der Waals surface area (Å²) < 4.78 is 18.8. The van der Waals surface area contributed by atoms with Gasteiger partial charge in [-0.05, 0) is 36.4 Å². The highest BCUT2D eigenvalue weighted by Gasteiger charge is 2.15. The molecule has 0 amide bonds. The maximum Gasteiger partial charge on any atom is 0.226 e. The molecule has 0 bridgehead atoms. The molecular weight excluding hydrogens is 269 g/mol. The van der Waals surface area contributed by atoms with E-state index in [9.17, 15) is 4.39 Å². The highest BCUT2D eigenvalue weighted by molar-refractivity contribution is 5.20. The zero-order valence-electron chi connectivity index (χ0n) is 12.6. The smallest absolute Gasteiger partial charge is 0.226 e. The Labute approximate surface area is 124 Å². The van der Waals surface area contributed by atoms with Crippen molar-refractivity contribution in [2.45, 2.75) is 33.1 Å². The van der Waals surface area contributed by atoms with Crippen molar-refractivity contribution in [1.29, 1.82) is 0 Å². The number of halogens is 1. The van der Waals surface area contributed by atoms with E-state index in [1.54, 1.807) is 18.2 Å². The van der Waals surface area contributed by atoms with Gasteiger partial charge in [0.15, 0.2) is 5.82 Å². The minimum Gasteiger partial charge on any atom is -0.339 e. The predicted molar refractivity (Wildman–Crippen MR) is 79.2 cm³/mol. The second-order valence-electron chi connectivity index (χ2n) is 5.81. The van der Waals surface area contributed by atoms with Crippen molar-refractivity contribution in [3.63, 3.8) is 0 Å². The van der Waals surface area contributed by atoms with Gasteiger partial charge in [-0.15, -0.1) is 0 Å². The Morgan fingerprint density at radius 2 is 2.05 bits per heavy atom. The van der Waals surface area contributed by atoms with Crippen molar-refractivity contribution < 1.29 is 8.91 Å². The first-order valence-corrected chi connectivity index (χ1v) is 7.33. The van der Waals surface area contributed by atoms with Crippen molar-refractivity contribution in [3.05, 3.63) is 47.4 Å². The Morgan fingerprint density at radius 3 is 2.71 bits per heavy atom. The fourth-order valence-corrected chi connectivity index (χ4v) is 2.43. The molecule has 0 spiro atoms. The van der Waals surface area contributed by atoms with Gasteiger partial charge in [-0.2, -0.15) is 4.98 Å². The number of rotatable bonds is 7. The Kier molecular flexibility index (Phi) is 5.44. The lowest BCUT2D eigenvalue weighted by atomic mass is 9.94. The molecule has 0 unspecified atom stereocenters. The molecule has 1 atom stereocenters. The SMILES string of the molecule is CC(C)C[C@H](CN)Cc1nc(Cc2ccccc2F)no1. The van der Waals surface area contributed by atoms with Crippen LogP contribution in [0, 0.1) is 17.7 Å². The first kappa shape index (κ1) is 15.6. The maximum atomic E-state index is 13.6. The zero-order chi connectivity index (χ0) is 15.2. The van der Waals surface area contributed by atoms with E-state index in [4.69, 9.17) is 10.3 Å². The van der Waals surface area contributed by atoms with Gasteiger partial charge in [0.05, 0.1) is 0 Å². The average Bonchev–Trinajstić information content (AvgIpc) is 2.87. The Bertz CT molecular complexity index is 568. The topological polar surface area (TPSA) is 64.9 Å². The molecule has 2 N–H and O–H groups in total. The van der Waals surface area contributed by atoms with Crippen molar-refractivity contribution in [3.8, 4) is 0 Å². The Hall–Kier alpha value is -1.75. The molecule has 114 valence electrons. The lowest BCUT2D eigenvalue weighted by molar-refractivity contribution is 0.329. The third-order valence-corrected chi connectivity index (χ3v) is 3.42. The van der Waals surface area contributed by atoms with Crippen LogP contribution in [0.15, 0.2) is 28.8 Å². The molecular formula is C16H22FN3O. The van der Waals surface area contributed by atoms with E-state index < -0.39 is 0 Å². The van der Waals surface area contributed by atoms with Crippen molar-refractivity contribution in [2.24, 2.45) is 17.6 Å². The van der Waals surface area contributed by atoms with Crippen LogP contribution in [0.5, 0.6) is 0 Å². The molecule has 0 aliphatic carbocycles. The fraction of sp³-hybridized carbons (Fsp3) is 0.500. The molecule has 5 heteroatoms. The summed E-state index contributed by atoms with van der Waals surface area (Å²) in [6, 6.07) is 6.63. The van der Waals surface area contributed by atoms with Crippen LogP contribution in [-0.2, 0) is 12.8 Å². The molecule has 2 aromatic rings. The summed E-state index contributed by atoms with van der Waals surface area (Å²) in [5.41, 5.74) is 6.35. The summed E-state index contributed by atoms with van der Waals surface area (Å²) in [6.07, 6.45) is 2.05. The molecule has 2 rings (SSSR count). The van der Waals surface area contributed by atoms with E-state index in [-0.39, 0.29) is 5.82 Å². The van der Waals surface area contributed by atoms with Gasteiger partial charge in [0.2, 0.25) is 5.89 Å². The summed E-state index contributed by atoms with van der Waals surface area (Å²) in [6.45, 7) is 4.93. The van der Waals surface area contributed by atoms with Gasteiger partial charge >= 0.3 is 0 Å². The lowest BCUT2D eigenvalue weighted by Gasteiger charge is -2.14. The molecule has 0 saturated carbocycles. The molecule has 0 aliphatic heterocycles. The number of hydrogen-bond acceptors (Lipinski definition) is 4. The molecule has 0 aliphatic rings. The average molecular weight is 291 g/mol. The van der Waals surface area contributed by atoms with Crippen LogP contribution < -0.4 is 5.73 Å². The fourth-order valence-electron chi connectivity index (χ4n) is 2.43. The second kappa shape index (κ2) is 7.31.